The van der Waals surface area contributed by atoms with Gasteiger partial charge in [-0.3, -0.25) is 0 Å². The van der Waals surface area contributed by atoms with E-state index in [4.69, 9.17) is 11.6 Å². The lowest BCUT2D eigenvalue weighted by Gasteiger charge is -2.39. The molecule has 0 radical (unpaired) electrons. The monoisotopic (exact) mass is 285 g/mol. The first kappa shape index (κ1) is 14.8. The van der Waals surface area contributed by atoms with Crippen molar-refractivity contribution in [1.29, 1.82) is 0 Å². The second kappa shape index (κ2) is 6.21. The van der Waals surface area contributed by atoms with Crippen molar-refractivity contribution < 1.29 is 9.50 Å². The topological polar surface area (TPSA) is 32.3 Å². The Labute approximate surface area is 119 Å². The maximum Gasteiger partial charge on any atom is 0.142 e. The molecule has 106 valence electrons. The zero-order valence-electron chi connectivity index (χ0n) is 11.3. The number of aliphatic hydroxyl groups is 1. The Morgan fingerprint density at radius 2 is 2.32 bits per heavy atom. The van der Waals surface area contributed by atoms with Crippen molar-refractivity contribution in [2.24, 2.45) is 5.92 Å². The molecule has 0 bridgehead atoms. The summed E-state index contributed by atoms with van der Waals surface area (Å²) in [5, 5.41) is 13.3. The third kappa shape index (κ3) is 3.47. The minimum absolute atomic E-state index is 0.115. The maximum atomic E-state index is 13.4. The van der Waals surface area contributed by atoms with E-state index in [-0.39, 0.29) is 17.2 Å². The number of aliphatic hydroxyl groups excluding tert-OH is 1. The molecule has 0 aromatic heterocycles. The van der Waals surface area contributed by atoms with Gasteiger partial charge in [0, 0.05) is 12.1 Å². The first-order valence-electron chi connectivity index (χ1n) is 6.85. The van der Waals surface area contributed by atoms with Gasteiger partial charge >= 0.3 is 0 Å². The lowest BCUT2D eigenvalue weighted by atomic mass is 9.77. The van der Waals surface area contributed by atoms with Crippen molar-refractivity contribution in [2.45, 2.75) is 44.7 Å². The molecule has 0 spiro atoms. The van der Waals surface area contributed by atoms with Crippen LogP contribution in [-0.2, 0) is 6.54 Å². The van der Waals surface area contributed by atoms with Gasteiger partial charge < -0.3 is 10.4 Å². The van der Waals surface area contributed by atoms with Gasteiger partial charge in [-0.1, -0.05) is 43.5 Å². The lowest BCUT2D eigenvalue weighted by Crippen LogP contribution is -2.51. The minimum atomic E-state index is -0.393. The summed E-state index contributed by atoms with van der Waals surface area (Å²) in [6.45, 7) is 2.81. The van der Waals surface area contributed by atoms with Crippen LogP contribution in [0.25, 0.3) is 0 Å². The fraction of sp³-hybridized carbons (Fsp3) is 0.600. The predicted octanol–water partition coefficient (Wildman–Crippen LogP) is 3.51. The summed E-state index contributed by atoms with van der Waals surface area (Å²) in [7, 11) is 0. The number of hydrogen-bond acceptors (Lipinski definition) is 2. The number of rotatable bonds is 4. The summed E-state index contributed by atoms with van der Waals surface area (Å²) in [6, 6.07) is 4.83. The van der Waals surface area contributed by atoms with Crippen LogP contribution in [0.2, 0.25) is 5.02 Å². The highest BCUT2D eigenvalue weighted by Gasteiger charge is 2.33. The van der Waals surface area contributed by atoms with E-state index < -0.39 is 5.82 Å². The molecule has 1 saturated carbocycles. The SMILES string of the molecule is CC1CCCC(CO)(NCc2cccc(F)c2Cl)C1. The second-order valence-corrected chi connectivity index (χ2v) is 6.08. The highest BCUT2D eigenvalue weighted by Crippen LogP contribution is 2.32. The quantitative estimate of drug-likeness (QED) is 0.887. The zero-order valence-corrected chi connectivity index (χ0v) is 12.0. The maximum absolute atomic E-state index is 13.4. The van der Waals surface area contributed by atoms with Crippen molar-refractivity contribution in [3.8, 4) is 0 Å². The van der Waals surface area contributed by atoms with E-state index >= 15 is 0 Å². The molecule has 2 unspecified atom stereocenters. The van der Waals surface area contributed by atoms with E-state index in [0.717, 1.165) is 24.8 Å². The summed E-state index contributed by atoms with van der Waals surface area (Å²) in [6.07, 6.45) is 4.24. The van der Waals surface area contributed by atoms with Crippen molar-refractivity contribution in [2.75, 3.05) is 6.61 Å². The van der Waals surface area contributed by atoms with Gasteiger partial charge in [0.15, 0.2) is 0 Å². The summed E-state index contributed by atoms with van der Waals surface area (Å²) in [5.74, 6) is 0.215. The number of benzene rings is 1. The summed E-state index contributed by atoms with van der Waals surface area (Å²) in [5.41, 5.74) is 0.501. The molecule has 1 fully saturated rings. The molecule has 2 atom stereocenters. The average Bonchev–Trinajstić information content (AvgIpc) is 2.40. The van der Waals surface area contributed by atoms with Crippen LogP contribution in [0.3, 0.4) is 0 Å². The Kier molecular flexibility index (Phi) is 4.82. The van der Waals surface area contributed by atoms with Gasteiger partial charge in [0.05, 0.1) is 11.6 Å². The van der Waals surface area contributed by atoms with Crippen molar-refractivity contribution in [3.63, 3.8) is 0 Å². The standard InChI is InChI=1S/C15H21ClFNO/c1-11-4-3-7-15(8-11,10-19)18-9-12-5-2-6-13(17)14(12)16/h2,5-6,11,18-19H,3-4,7-10H2,1H3. The van der Waals surface area contributed by atoms with E-state index in [2.05, 4.69) is 12.2 Å². The summed E-state index contributed by atoms with van der Waals surface area (Å²) >= 11 is 5.95. The predicted molar refractivity (Wildman–Crippen MR) is 75.7 cm³/mol. The van der Waals surface area contributed by atoms with Crippen LogP contribution in [0.1, 0.15) is 38.2 Å². The van der Waals surface area contributed by atoms with Crippen LogP contribution in [0.5, 0.6) is 0 Å². The van der Waals surface area contributed by atoms with Gasteiger partial charge in [-0.15, -0.1) is 0 Å². The van der Waals surface area contributed by atoms with E-state index in [1.165, 1.54) is 12.5 Å². The van der Waals surface area contributed by atoms with E-state index in [0.29, 0.717) is 12.5 Å². The van der Waals surface area contributed by atoms with E-state index in [1.54, 1.807) is 6.07 Å². The van der Waals surface area contributed by atoms with E-state index in [9.17, 15) is 9.50 Å². The van der Waals surface area contributed by atoms with E-state index in [1.807, 2.05) is 6.07 Å². The summed E-state index contributed by atoms with van der Waals surface area (Å²) < 4.78 is 13.4. The van der Waals surface area contributed by atoms with Crippen LogP contribution in [0, 0.1) is 11.7 Å². The van der Waals surface area contributed by atoms with Crippen LogP contribution in [0.15, 0.2) is 18.2 Å². The Morgan fingerprint density at radius 3 is 3.00 bits per heavy atom. The molecule has 1 aromatic carbocycles. The molecule has 0 amide bonds. The molecule has 2 nitrogen and oxygen atoms in total. The summed E-state index contributed by atoms with van der Waals surface area (Å²) in [4.78, 5) is 0. The average molecular weight is 286 g/mol. The van der Waals surface area contributed by atoms with Gasteiger partial charge in [0.2, 0.25) is 0 Å². The Hall–Kier alpha value is -0.640. The molecule has 0 heterocycles. The smallest absolute Gasteiger partial charge is 0.142 e. The Morgan fingerprint density at radius 1 is 1.53 bits per heavy atom. The van der Waals surface area contributed by atoms with Crippen molar-refractivity contribution >= 4 is 11.6 Å². The molecule has 2 rings (SSSR count). The Balaban J connectivity index is 2.05. The lowest BCUT2D eigenvalue weighted by molar-refractivity contribution is 0.0982. The molecular formula is C15H21ClFNO. The molecule has 0 saturated heterocycles. The molecule has 19 heavy (non-hydrogen) atoms. The van der Waals surface area contributed by atoms with Gasteiger partial charge in [-0.2, -0.15) is 0 Å². The molecule has 0 aliphatic heterocycles. The van der Waals surface area contributed by atoms with Gasteiger partial charge in [-0.25, -0.2) is 4.39 Å². The molecule has 1 aliphatic rings. The highest BCUT2D eigenvalue weighted by atomic mass is 35.5. The number of halogens is 2. The van der Waals surface area contributed by atoms with Gasteiger partial charge in [0.25, 0.3) is 0 Å². The van der Waals surface area contributed by atoms with Crippen LogP contribution in [0.4, 0.5) is 4.39 Å². The zero-order chi connectivity index (χ0) is 13.9. The first-order valence-corrected chi connectivity index (χ1v) is 7.23. The molecule has 4 heteroatoms. The number of hydrogen-bond donors (Lipinski definition) is 2. The van der Waals surface area contributed by atoms with Gasteiger partial charge in [0.1, 0.15) is 5.82 Å². The second-order valence-electron chi connectivity index (χ2n) is 5.71. The third-order valence-electron chi connectivity index (χ3n) is 4.08. The van der Waals surface area contributed by atoms with Crippen molar-refractivity contribution in [1.82, 2.24) is 5.32 Å². The largest absolute Gasteiger partial charge is 0.394 e. The minimum Gasteiger partial charge on any atom is -0.394 e. The Bertz CT molecular complexity index is 440. The molecule has 1 aromatic rings. The molecular weight excluding hydrogens is 265 g/mol. The molecule has 1 aliphatic carbocycles. The van der Waals surface area contributed by atoms with Crippen molar-refractivity contribution in [3.05, 3.63) is 34.6 Å². The normalized spacial score (nSPS) is 27.5. The third-order valence-corrected chi connectivity index (χ3v) is 4.50. The van der Waals surface area contributed by atoms with Gasteiger partial charge in [-0.05, 0) is 30.4 Å². The fourth-order valence-corrected chi connectivity index (χ4v) is 3.18. The fourth-order valence-electron chi connectivity index (χ4n) is 2.99. The van der Waals surface area contributed by atoms with Crippen LogP contribution >= 0.6 is 11.6 Å². The first-order chi connectivity index (χ1) is 9.06. The molecule has 2 N–H and O–H groups in total. The van der Waals surface area contributed by atoms with Crippen LogP contribution < -0.4 is 5.32 Å². The highest BCUT2D eigenvalue weighted by molar-refractivity contribution is 6.31. The number of nitrogens with one attached hydrogen (secondary N) is 1. The van der Waals surface area contributed by atoms with Crippen LogP contribution in [-0.4, -0.2) is 17.3 Å².